The van der Waals surface area contributed by atoms with Crippen LogP contribution in [0.25, 0.3) is 0 Å². The van der Waals surface area contributed by atoms with Gasteiger partial charge in [-0.1, -0.05) is 41.0 Å². The van der Waals surface area contributed by atoms with E-state index in [1.807, 2.05) is 0 Å². The Morgan fingerprint density at radius 1 is 1.00 bits per heavy atom. The van der Waals surface area contributed by atoms with E-state index in [1.165, 1.54) is 19.3 Å². The average molecular weight is 208 g/mol. The number of rotatable bonds is 3. The van der Waals surface area contributed by atoms with Crippen molar-refractivity contribution in [2.24, 2.45) is 41.4 Å². The molecule has 5 atom stereocenters. The van der Waals surface area contributed by atoms with Gasteiger partial charge in [0.15, 0.2) is 0 Å². The minimum absolute atomic E-state index is 0.900. The highest BCUT2D eigenvalue weighted by Gasteiger charge is 2.46. The van der Waals surface area contributed by atoms with Crippen LogP contribution in [-0.4, -0.2) is 0 Å². The van der Waals surface area contributed by atoms with Crippen LogP contribution in [0.15, 0.2) is 0 Å². The number of hydrogen-bond acceptors (Lipinski definition) is 0. The van der Waals surface area contributed by atoms with Crippen molar-refractivity contribution in [1.29, 1.82) is 0 Å². The van der Waals surface area contributed by atoms with Gasteiger partial charge in [-0.2, -0.15) is 0 Å². The van der Waals surface area contributed by atoms with E-state index in [1.54, 1.807) is 0 Å². The van der Waals surface area contributed by atoms with E-state index in [9.17, 15) is 0 Å². The Balaban J connectivity index is 1.91. The Morgan fingerprint density at radius 2 is 1.60 bits per heavy atom. The van der Waals surface area contributed by atoms with Crippen LogP contribution in [0, 0.1) is 41.4 Å². The van der Waals surface area contributed by atoms with E-state index in [4.69, 9.17) is 0 Å². The zero-order valence-corrected chi connectivity index (χ0v) is 11.2. The summed E-state index contributed by atoms with van der Waals surface area (Å²) in [6.45, 7) is 12.2. The van der Waals surface area contributed by atoms with Gasteiger partial charge < -0.3 is 0 Å². The van der Waals surface area contributed by atoms with Crippen molar-refractivity contribution >= 4 is 0 Å². The standard InChI is InChI=1S/C15H28/c1-9(2)15-10(3)6-7-13(15)8-14-11(4)12(14)5/h9-15H,6-8H2,1-5H3. The quantitative estimate of drug-likeness (QED) is 0.636. The van der Waals surface area contributed by atoms with Gasteiger partial charge in [-0.15, -0.1) is 0 Å². The fourth-order valence-electron chi connectivity index (χ4n) is 4.35. The van der Waals surface area contributed by atoms with Crippen molar-refractivity contribution in [3.05, 3.63) is 0 Å². The van der Waals surface area contributed by atoms with E-state index in [0.717, 1.165) is 41.4 Å². The topological polar surface area (TPSA) is 0 Å². The molecule has 0 aromatic carbocycles. The normalized spacial score (nSPS) is 50.0. The van der Waals surface area contributed by atoms with Crippen LogP contribution in [0.2, 0.25) is 0 Å². The molecular formula is C15H28. The molecule has 5 unspecified atom stereocenters. The molecule has 2 rings (SSSR count). The molecule has 0 N–H and O–H groups in total. The molecule has 0 spiro atoms. The van der Waals surface area contributed by atoms with Crippen LogP contribution in [0.1, 0.15) is 53.9 Å². The van der Waals surface area contributed by atoms with E-state index in [-0.39, 0.29) is 0 Å². The van der Waals surface area contributed by atoms with E-state index < -0.39 is 0 Å². The summed E-state index contributed by atoms with van der Waals surface area (Å²) in [5.41, 5.74) is 0. The summed E-state index contributed by atoms with van der Waals surface area (Å²) in [6.07, 6.45) is 4.54. The van der Waals surface area contributed by atoms with E-state index in [0.29, 0.717) is 0 Å². The Morgan fingerprint density at radius 3 is 2.07 bits per heavy atom. The van der Waals surface area contributed by atoms with Gasteiger partial charge in [0.05, 0.1) is 0 Å². The van der Waals surface area contributed by atoms with Crippen LogP contribution in [0.3, 0.4) is 0 Å². The van der Waals surface area contributed by atoms with E-state index >= 15 is 0 Å². The summed E-state index contributed by atoms with van der Waals surface area (Å²) < 4.78 is 0. The first kappa shape index (κ1) is 11.5. The maximum absolute atomic E-state index is 2.48. The Bertz CT molecular complexity index is 210. The Labute approximate surface area is 95.8 Å². The first-order valence-corrected chi connectivity index (χ1v) is 7.02. The zero-order valence-electron chi connectivity index (χ0n) is 11.2. The Hall–Kier alpha value is 0. The maximum atomic E-state index is 2.48. The van der Waals surface area contributed by atoms with Crippen molar-refractivity contribution in [3.8, 4) is 0 Å². The van der Waals surface area contributed by atoms with Crippen LogP contribution in [-0.2, 0) is 0 Å². The van der Waals surface area contributed by atoms with Crippen molar-refractivity contribution in [2.75, 3.05) is 0 Å². The summed E-state index contributed by atoms with van der Waals surface area (Å²) in [7, 11) is 0. The molecule has 0 aromatic heterocycles. The second kappa shape index (κ2) is 4.11. The molecule has 0 saturated heterocycles. The molecule has 2 saturated carbocycles. The largest absolute Gasteiger partial charge is 0.0625 e. The van der Waals surface area contributed by atoms with Gasteiger partial charge in [-0.3, -0.25) is 0 Å². The summed E-state index contributed by atoms with van der Waals surface area (Å²) in [5, 5.41) is 0. The zero-order chi connectivity index (χ0) is 11.2. The van der Waals surface area contributed by atoms with Gasteiger partial charge >= 0.3 is 0 Å². The van der Waals surface area contributed by atoms with Crippen LogP contribution in [0.4, 0.5) is 0 Å². The average Bonchev–Trinajstić information content (AvgIpc) is 2.62. The third-order valence-electron chi connectivity index (χ3n) is 5.58. The smallest absolute Gasteiger partial charge is 0.0337 e. The number of hydrogen-bond donors (Lipinski definition) is 0. The Kier molecular flexibility index (Phi) is 3.14. The fourth-order valence-corrected chi connectivity index (χ4v) is 4.35. The molecule has 0 aliphatic heterocycles. The predicted octanol–water partition coefficient (Wildman–Crippen LogP) is 4.60. The third-order valence-corrected chi connectivity index (χ3v) is 5.58. The summed E-state index contributed by atoms with van der Waals surface area (Å²) in [4.78, 5) is 0. The predicted molar refractivity (Wildman–Crippen MR) is 66.7 cm³/mol. The molecule has 2 fully saturated rings. The summed E-state index contributed by atoms with van der Waals surface area (Å²) in [5.74, 6) is 7.07. The molecule has 2 aliphatic rings. The molecule has 15 heavy (non-hydrogen) atoms. The lowest BCUT2D eigenvalue weighted by Crippen LogP contribution is -2.20. The second-order valence-electron chi connectivity index (χ2n) is 6.75. The van der Waals surface area contributed by atoms with Crippen molar-refractivity contribution in [3.63, 3.8) is 0 Å². The molecule has 0 radical (unpaired) electrons. The van der Waals surface area contributed by atoms with Crippen LogP contribution in [0.5, 0.6) is 0 Å². The van der Waals surface area contributed by atoms with Crippen LogP contribution < -0.4 is 0 Å². The molecule has 0 nitrogen and oxygen atoms in total. The van der Waals surface area contributed by atoms with Crippen molar-refractivity contribution < 1.29 is 0 Å². The minimum Gasteiger partial charge on any atom is -0.0625 e. The second-order valence-corrected chi connectivity index (χ2v) is 6.75. The van der Waals surface area contributed by atoms with Gasteiger partial charge in [-0.05, 0) is 54.3 Å². The molecule has 0 heteroatoms. The van der Waals surface area contributed by atoms with Gasteiger partial charge in [0.1, 0.15) is 0 Å². The third kappa shape index (κ3) is 2.10. The summed E-state index contributed by atoms with van der Waals surface area (Å²) >= 11 is 0. The maximum Gasteiger partial charge on any atom is -0.0337 e. The molecule has 0 amide bonds. The molecular weight excluding hydrogens is 180 g/mol. The lowest BCUT2D eigenvalue weighted by Gasteiger charge is -2.27. The highest BCUT2D eigenvalue weighted by molar-refractivity contribution is 4.95. The molecule has 0 heterocycles. The van der Waals surface area contributed by atoms with Gasteiger partial charge in [0.2, 0.25) is 0 Å². The lowest BCUT2D eigenvalue weighted by molar-refractivity contribution is 0.223. The van der Waals surface area contributed by atoms with E-state index in [2.05, 4.69) is 34.6 Å². The molecule has 0 bridgehead atoms. The van der Waals surface area contributed by atoms with Gasteiger partial charge in [-0.25, -0.2) is 0 Å². The SMILES string of the molecule is CC(C)C1C(C)CCC1CC1C(C)C1C. The lowest BCUT2D eigenvalue weighted by atomic mass is 9.79. The first-order chi connectivity index (χ1) is 7.02. The fraction of sp³-hybridized carbons (Fsp3) is 1.00. The highest BCUT2D eigenvalue weighted by atomic mass is 14.5. The minimum atomic E-state index is 0.900. The molecule has 88 valence electrons. The van der Waals surface area contributed by atoms with Crippen LogP contribution >= 0.6 is 0 Å². The van der Waals surface area contributed by atoms with Crippen molar-refractivity contribution in [1.82, 2.24) is 0 Å². The van der Waals surface area contributed by atoms with Crippen molar-refractivity contribution in [2.45, 2.75) is 53.9 Å². The molecule has 2 aliphatic carbocycles. The van der Waals surface area contributed by atoms with Gasteiger partial charge in [0, 0.05) is 0 Å². The first-order valence-electron chi connectivity index (χ1n) is 7.02. The summed E-state index contributed by atoms with van der Waals surface area (Å²) in [6, 6.07) is 0. The molecule has 0 aromatic rings. The highest BCUT2D eigenvalue weighted by Crippen LogP contribution is 2.54. The van der Waals surface area contributed by atoms with Gasteiger partial charge in [0.25, 0.3) is 0 Å². The monoisotopic (exact) mass is 208 g/mol.